The van der Waals surface area contributed by atoms with Crippen molar-refractivity contribution >= 4 is 11.6 Å². The Labute approximate surface area is 98.4 Å². The number of nitrogens with one attached hydrogen (secondary N) is 1. The van der Waals surface area contributed by atoms with Crippen LogP contribution in [0, 0.1) is 6.92 Å². The lowest BCUT2D eigenvalue weighted by molar-refractivity contribution is 0.0987. The number of rotatable bonds is 3. The van der Waals surface area contributed by atoms with Crippen LogP contribution in [0.3, 0.4) is 0 Å². The van der Waals surface area contributed by atoms with Crippen molar-refractivity contribution in [3.8, 4) is 5.75 Å². The molecule has 0 atom stereocenters. The lowest BCUT2D eigenvalue weighted by atomic mass is 10.2. The highest BCUT2D eigenvalue weighted by Gasteiger charge is 2.14. The van der Waals surface area contributed by atoms with Crippen molar-refractivity contribution in [1.82, 2.24) is 5.16 Å². The first kappa shape index (κ1) is 11.2. The van der Waals surface area contributed by atoms with Crippen LogP contribution in [0.2, 0.25) is 0 Å². The van der Waals surface area contributed by atoms with Gasteiger partial charge in [0.1, 0.15) is 5.75 Å². The molecule has 0 aliphatic carbocycles. The standard InChI is InChI=1S/C12H12N2O3/c1-8-7-13-17-11(8)12(15)14-9-4-3-5-10(6-9)16-2/h3-7H,1-2H3,(H,14,15). The second kappa shape index (κ2) is 4.69. The zero-order chi connectivity index (χ0) is 12.3. The fraction of sp³-hybridized carbons (Fsp3) is 0.167. The molecule has 0 bridgehead atoms. The third-order valence-electron chi connectivity index (χ3n) is 2.28. The van der Waals surface area contributed by atoms with E-state index in [0.29, 0.717) is 17.0 Å². The van der Waals surface area contributed by atoms with Crippen molar-refractivity contribution in [2.45, 2.75) is 6.92 Å². The van der Waals surface area contributed by atoms with Gasteiger partial charge in [0.25, 0.3) is 5.91 Å². The maximum atomic E-state index is 11.8. The Hall–Kier alpha value is -2.30. The molecule has 0 aliphatic rings. The van der Waals surface area contributed by atoms with Crippen LogP contribution < -0.4 is 10.1 Å². The third kappa shape index (κ3) is 2.44. The van der Waals surface area contributed by atoms with Crippen LogP contribution in [-0.2, 0) is 0 Å². The Bertz CT molecular complexity index is 534. The minimum absolute atomic E-state index is 0.216. The number of amides is 1. The predicted molar refractivity (Wildman–Crippen MR) is 62.2 cm³/mol. The second-order valence-electron chi connectivity index (χ2n) is 3.52. The third-order valence-corrected chi connectivity index (χ3v) is 2.28. The van der Waals surface area contributed by atoms with Gasteiger partial charge in [-0.05, 0) is 19.1 Å². The van der Waals surface area contributed by atoms with Gasteiger partial charge in [0.15, 0.2) is 0 Å². The summed E-state index contributed by atoms with van der Waals surface area (Å²) >= 11 is 0. The Kier molecular flexibility index (Phi) is 3.09. The van der Waals surface area contributed by atoms with Crippen LogP contribution in [0.4, 0.5) is 5.69 Å². The summed E-state index contributed by atoms with van der Waals surface area (Å²) in [6, 6.07) is 7.09. The fourth-order valence-corrected chi connectivity index (χ4v) is 1.40. The number of carbonyl (C=O) groups is 1. The molecule has 1 heterocycles. The Morgan fingerprint density at radius 2 is 2.29 bits per heavy atom. The number of carbonyl (C=O) groups excluding carboxylic acids is 1. The zero-order valence-electron chi connectivity index (χ0n) is 9.56. The molecule has 0 saturated carbocycles. The molecule has 0 unspecified atom stereocenters. The monoisotopic (exact) mass is 232 g/mol. The molecule has 1 amide bonds. The number of anilines is 1. The van der Waals surface area contributed by atoms with Crippen LogP contribution in [0.15, 0.2) is 35.0 Å². The van der Waals surface area contributed by atoms with E-state index in [1.54, 1.807) is 38.3 Å². The average molecular weight is 232 g/mol. The van der Waals surface area contributed by atoms with Crippen molar-refractivity contribution in [1.29, 1.82) is 0 Å². The summed E-state index contributed by atoms with van der Waals surface area (Å²) in [6.45, 7) is 1.76. The number of methoxy groups -OCH3 is 1. The molecule has 0 spiro atoms. The number of ether oxygens (including phenoxy) is 1. The van der Waals surface area contributed by atoms with E-state index in [0.717, 1.165) is 0 Å². The summed E-state index contributed by atoms with van der Waals surface area (Å²) in [5, 5.41) is 6.26. The number of hydrogen-bond donors (Lipinski definition) is 1. The second-order valence-corrected chi connectivity index (χ2v) is 3.52. The molecule has 1 N–H and O–H groups in total. The normalized spacial score (nSPS) is 10.0. The lowest BCUT2D eigenvalue weighted by Gasteiger charge is -2.05. The Balaban J connectivity index is 2.16. The number of aromatic nitrogens is 1. The van der Waals surface area contributed by atoms with Crippen LogP contribution in [0.5, 0.6) is 5.75 Å². The van der Waals surface area contributed by atoms with Crippen LogP contribution >= 0.6 is 0 Å². The van der Waals surface area contributed by atoms with Crippen molar-refractivity contribution in [3.63, 3.8) is 0 Å². The highest BCUT2D eigenvalue weighted by atomic mass is 16.5. The van der Waals surface area contributed by atoms with Gasteiger partial charge in [0, 0.05) is 17.3 Å². The van der Waals surface area contributed by atoms with E-state index in [4.69, 9.17) is 9.26 Å². The van der Waals surface area contributed by atoms with Gasteiger partial charge < -0.3 is 14.6 Å². The highest BCUT2D eigenvalue weighted by Crippen LogP contribution is 2.18. The van der Waals surface area contributed by atoms with E-state index in [-0.39, 0.29) is 11.7 Å². The molecule has 5 nitrogen and oxygen atoms in total. The van der Waals surface area contributed by atoms with E-state index in [2.05, 4.69) is 10.5 Å². The summed E-state index contributed by atoms with van der Waals surface area (Å²) in [5.74, 6) is 0.568. The molecule has 88 valence electrons. The molecule has 5 heteroatoms. The van der Waals surface area contributed by atoms with E-state index < -0.39 is 0 Å². The zero-order valence-corrected chi connectivity index (χ0v) is 9.56. The van der Waals surface area contributed by atoms with Crippen molar-refractivity contribution in [2.24, 2.45) is 0 Å². The van der Waals surface area contributed by atoms with E-state index in [1.807, 2.05) is 0 Å². The Morgan fingerprint density at radius 3 is 2.94 bits per heavy atom. The van der Waals surface area contributed by atoms with Crippen LogP contribution in [0.1, 0.15) is 16.1 Å². The first-order valence-electron chi connectivity index (χ1n) is 5.07. The fourth-order valence-electron chi connectivity index (χ4n) is 1.40. The minimum Gasteiger partial charge on any atom is -0.497 e. The molecule has 2 aromatic rings. The number of benzene rings is 1. The molecular formula is C12H12N2O3. The molecule has 0 saturated heterocycles. The first-order chi connectivity index (χ1) is 8.20. The van der Waals surface area contributed by atoms with Gasteiger partial charge in [-0.15, -0.1) is 0 Å². The molecule has 0 radical (unpaired) electrons. The summed E-state index contributed by atoms with van der Waals surface area (Å²) < 4.78 is 9.93. The lowest BCUT2D eigenvalue weighted by Crippen LogP contribution is -2.12. The minimum atomic E-state index is -0.326. The van der Waals surface area contributed by atoms with Crippen LogP contribution in [0.25, 0.3) is 0 Å². The van der Waals surface area contributed by atoms with Gasteiger partial charge in [-0.25, -0.2) is 0 Å². The summed E-state index contributed by atoms with van der Waals surface area (Å²) in [4.78, 5) is 11.8. The largest absolute Gasteiger partial charge is 0.497 e. The average Bonchev–Trinajstić information content (AvgIpc) is 2.76. The van der Waals surface area contributed by atoms with Crippen LogP contribution in [-0.4, -0.2) is 18.2 Å². The molecule has 0 fully saturated rings. The smallest absolute Gasteiger partial charge is 0.294 e. The maximum Gasteiger partial charge on any atom is 0.294 e. The molecular weight excluding hydrogens is 220 g/mol. The highest BCUT2D eigenvalue weighted by molar-refractivity contribution is 6.03. The molecule has 1 aromatic heterocycles. The van der Waals surface area contributed by atoms with Gasteiger partial charge in [-0.1, -0.05) is 11.2 Å². The molecule has 17 heavy (non-hydrogen) atoms. The molecule has 1 aromatic carbocycles. The summed E-state index contributed by atoms with van der Waals surface area (Å²) in [5.41, 5.74) is 1.34. The van der Waals surface area contributed by atoms with E-state index in [9.17, 15) is 4.79 Å². The van der Waals surface area contributed by atoms with Gasteiger partial charge in [-0.3, -0.25) is 4.79 Å². The quantitative estimate of drug-likeness (QED) is 0.881. The summed E-state index contributed by atoms with van der Waals surface area (Å²) in [6.07, 6.45) is 1.50. The number of aryl methyl sites for hydroxylation is 1. The van der Waals surface area contributed by atoms with E-state index >= 15 is 0 Å². The number of hydrogen-bond acceptors (Lipinski definition) is 4. The molecule has 0 aliphatic heterocycles. The van der Waals surface area contributed by atoms with Gasteiger partial charge >= 0.3 is 0 Å². The summed E-state index contributed by atoms with van der Waals surface area (Å²) in [7, 11) is 1.57. The van der Waals surface area contributed by atoms with E-state index in [1.165, 1.54) is 6.20 Å². The van der Waals surface area contributed by atoms with Gasteiger partial charge in [0.05, 0.1) is 13.3 Å². The van der Waals surface area contributed by atoms with Crippen molar-refractivity contribution in [3.05, 3.63) is 41.8 Å². The predicted octanol–water partition coefficient (Wildman–Crippen LogP) is 2.24. The topological polar surface area (TPSA) is 64.4 Å². The van der Waals surface area contributed by atoms with Crippen molar-refractivity contribution in [2.75, 3.05) is 12.4 Å². The van der Waals surface area contributed by atoms with Crippen molar-refractivity contribution < 1.29 is 14.1 Å². The maximum absolute atomic E-state index is 11.8. The number of nitrogens with zero attached hydrogens (tertiary/aromatic N) is 1. The Morgan fingerprint density at radius 1 is 1.47 bits per heavy atom. The first-order valence-corrected chi connectivity index (χ1v) is 5.07. The van der Waals surface area contributed by atoms with Gasteiger partial charge in [0.2, 0.25) is 5.76 Å². The molecule has 2 rings (SSSR count). The SMILES string of the molecule is COc1cccc(NC(=O)c2oncc2C)c1. The van der Waals surface area contributed by atoms with Gasteiger partial charge in [-0.2, -0.15) is 0 Å².